The lowest BCUT2D eigenvalue weighted by atomic mass is 9.80. The molecule has 0 radical (unpaired) electrons. The van der Waals surface area contributed by atoms with Crippen molar-refractivity contribution in [1.82, 2.24) is 14.8 Å². The molecule has 0 aliphatic carbocycles. The van der Waals surface area contributed by atoms with Crippen LogP contribution < -0.4 is 0 Å². The second-order valence-electron chi connectivity index (χ2n) is 5.41. The van der Waals surface area contributed by atoms with Crippen LogP contribution in [0.4, 0.5) is 0 Å². The van der Waals surface area contributed by atoms with Gasteiger partial charge in [0.05, 0.1) is 0 Å². The van der Waals surface area contributed by atoms with Gasteiger partial charge >= 0.3 is 0 Å². The molecule has 0 aromatic carbocycles. The second-order valence-corrected chi connectivity index (χ2v) is 5.41. The average Bonchev–Trinajstić information content (AvgIpc) is 2.52. The van der Waals surface area contributed by atoms with Crippen molar-refractivity contribution in [1.29, 1.82) is 0 Å². The lowest BCUT2D eigenvalue weighted by Crippen LogP contribution is -2.21. The standard InChI is InChI=1S/C12H23N3/c1-6-7-15-9-13-14-11(15)8-10(2)12(3,4)5/h9-10H,6-8H2,1-5H3. The Hall–Kier alpha value is -0.860. The summed E-state index contributed by atoms with van der Waals surface area (Å²) in [6, 6.07) is 0. The fourth-order valence-electron chi connectivity index (χ4n) is 1.44. The molecule has 86 valence electrons. The van der Waals surface area contributed by atoms with Gasteiger partial charge in [-0.3, -0.25) is 0 Å². The zero-order valence-corrected chi connectivity index (χ0v) is 10.6. The first-order valence-electron chi connectivity index (χ1n) is 5.81. The molecule has 1 unspecified atom stereocenters. The third kappa shape index (κ3) is 3.33. The fraction of sp³-hybridized carbons (Fsp3) is 0.833. The normalized spacial score (nSPS) is 14.2. The van der Waals surface area contributed by atoms with E-state index in [-0.39, 0.29) is 0 Å². The predicted molar refractivity (Wildman–Crippen MR) is 62.6 cm³/mol. The molecule has 1 heterocycles. The zero-order chi connectivity index (χ0) is 11.5. The van der Waals surface area contributed by atoms with Crippen molar-refractivity contribution in [2.45, 2.75) is 54.0 Å². The number of hydrogen-bond acceptors (Lipinski definition) is 2. The maximum absolute atomic E-state index is 4.20. The van der Waals surface area contributed by atoms with Crippen LogP contribution in [0.3, 0.4) is 0 Å². The highest BCUT2D eigenvalue weighted by molar-refractivity contribution is 4.90. The van der Waals surface area contributed by atoms with Gasteiger partial charge in [0.25, 0.3) is 0 Å². The molecule has 3 nitrogen and oxygen atoms in total. The summed E-state index contributed by atoms with van der Waals surface area (Å²) in [4.78, 5) is 0. The molecule has 1 aromatic heterocycles. The molecule has 1 rings (SSSR count). The summed E-state index contributed by atoms with van der Waals surface area (Å²) in [5, 5.41) is 8.19. The van der Waals surface area contributed by atoms with Gasteiger partial charge in [0.1, 0.15) is 12.2 Å². The summed E-state index contributed by atoms with van der Waals surface area (Å²) < 4.78 is 2.17. The third-order valence-electron chi connectivity index (χ3n) is 3.13. The molecule has 1 aromatic rings. The Kier molecular flexibility index (Phi) is 3.89. The minimum Gasteiger partial charge on any atom is -0.318 e. The van der Waals surface area contributed by atoms with Crippen molar-refractivity contribution in [3.63, 3.8) is 0 Å². The van der Waals surface area contributed by atoms with Gasteiger partial charge in [-0.1, -0.05) is 34.6 Å². The lowest BCUT2D eigenvalue weighted by molar-refractivity contribution is 0.254. The van der Waals surface area contributed by atoms with E-state index in [9.17, 15) is 0 Å². The first-order chi connectivity index (χ1) is 6.95. The van der Waals surface area contributed by atoms with Gasteiger partial charge in [-0.2, -0.15) is 0 Å². The maximum atomic E-state index is 4.20. The molecule has 0 aliphatic rings. The maximum Gasteiger partial charge on any atom is 0.133 e. The first kappa shape index (κ1) is 12.2. The summed E-state index contributed by atoms with van der Waals surface area (Å²) in [6.45, 7) is 12.3. The summed E-state index contributed by atoms with van der Waals surface area (Å²) in [6.07, 6.45) is 3.99. The van der Waals surface area contributed by atoms with Gasteiger partial charge in [-0.25, -0.2) is 0 Å². The van der Waals surface area contributed by atoms with Crippen LogP contribution in [0.2, 0.25) is 0 Å². The van der Waals surface area contributed by atoms with Gasteiger partial charge in [-0.15, -0.1) is 10.2 Å². The molecule has 0 amide bonds. The van der Waals surface area contributed by atoms with Crippen LogP contribution in [0.1, 0.15) is 46.9 Å². The van der Waals surface area contributed by atoms with Crippen LogP contribution >= 0.6 is 0 Å². The molecule has 0 spiro atoms. The number of hydrogen-bond donors (Lipinski definition) is 0. The molecule has 1 atom stereocenters. The van der Waals surface area contributed by atoms with Crippen LogP contribution in [-0.2, 0) is 13.0 Å². The Balaban J connectivity index is 2.68. The minimum atomic E-state index is 0.336. The smallest absolute Gasteiger partial charge is 0.133 e. The predicted octanol–water partition coefficient (Wildman–Crippen LogP) is 2.91. The Bertz CT molecular complexity index is 296. The van der Waals surface area contributed by atoms with Crippen molar-refractivity contribution < 1.29 is 0 Å². The number of aromatic nitrogens is 3. The highest BCUT2D eigenvalue weighted by Gasteiger charge is 2.22. The fourth-order valence-corrected chi connectivity index (χ4v) is 1.44. The van der Waals surface area contributed by atoms with E-state index in [2.05, 4.69) is 49.4 Å². The molecule has 0 bridgehead atoms. The summed E-state index contributed by atoms with van der Waals surface area (Å²) in [5.74, 6) is 1.75. The van der Waals surface area contributed by atoms with Crippen molar-refractivity contribution in [3.8, 4) is 0 Å². The zero-order valence-electron chi connectivity index (χ0n) is 10.6. The summed E-state index contributed by atoms with van der Waals surface area (Å²) >= 11 is 0. The van der Waals surface area contributed by atoms with Gasteiger partial charge in [0, 0.05) is 13.0 Å². The number of aryl methyl sites for hydroxylation is 1. The van der Waals surface area contributed by atoms with Crippen LogP contribution in [0, 0.1) is 11.3 Å². The summed E-state index contributed by atoms with van der Waals surface area (Å²) in [5.41, 5.74) is 0.336. The van der Waals surface area contributed by atoms with Crippen molar-refractivity contribution in [3.05, 3.63) is 12.2 Å². The van der Waals surface area contributed by atoms with Crippen molar-refractivity contribution >= 4 is 0 Å². The molecule has 0 fully saturated rings. The Morgan fingerprint density at radius 1 is 1.40 bits per heavy atom. The topological polar surface area (TPSA) is 30.7 Å². The highest BCUT2D eigenvalue weighted by Crippen LogP contribution is 2.27. The molecule has 0 N–H and O–H groups in total. The molecule has 0 saturated heterocycles. The Labute approximate surface area is 92.9 Å². The molecule has 0 aliphatic heterocycles. The van der Waals surface area contributed by atoms with Crippen LogP contribution in [-0.4, -0.2) is 14.8 Å². The van der Waals surface area contributed by atoms with E-state index in [1.165, 1.54) is 0 Å². The molecular formula is C12H23N3. The third-order valence-corrected chi connectivity index (χ3v) is 3.13. The monoisotopic (exact) mass is 209 g/mol. The first-order valence-corrected chi connectivity index (χ1v) is 5.81. The molecule has 0 saturated carbocycles. The molecule has 15 heavy (non-hydrogen) atoms. The molecule has 3 heteroatoms. The number of rotatable bonds is 4. The minimum absolute atomic E-state index is 0.336. The van der Waals surface area contributed by atoms with E-state index in [1.807, 2.05) is 6.33 Å². The van der Waals surface area contributed by atoms with Gasteiger partial charge in [0.2, 0.25) is 0 Å². The van der Waals surface area contributed by atoms with E-state index < -0.39 is 0 Å². The summed E-state index contributed by atoms with van der Waals surface area (Å²) in [7, 11) is 0. The van der Waals surface area contributed by atoms with Crippen molar-refractivity contribution in [2.75, 3.05) is 0 Å². The van der Waals surface area contributed by atoms with Gasteiger partial charge in [0.15, 0.2) is 0 Å². The van der Waals surface area contributed by atoms with Gasteiger partial charge < -0.3 is 4.57 Å². The second kappa shape index (κ2) is 4.77. The van der Waals surface area contributed by atoms with Gasteiger partial charge in [-0.05, 0) is 17.8 Å². The van der Waals surface area contributed by atoms with E-state index in [0.717, 1.165) is 25.2 Å². The largest absolute Gasteiger partial charge is 0.318 e. The Morgan fingerprint density at radius 3 is 2.60 bits per heavy atom. The van der Waals surface area contributed by atoms with E-state index >= 15 is 0 Å². The average molecular weight is 209 g/mol. The van der Waals surface area contributed by atoms with Crippen LogP contribution in [0.15, 0.2) is 6.33 Å². The number of nitrogens with zero attached hydrogens (tertiary/aromatic N) is 3. The highest BCUT2D eigenvalue weighted by atomic mass is 15.3. The van der Waals surface area contributed by atoms with Crippen molar-refractivity contribution in [2.24, 2.45) is 11.3 Å². The molecular weight excluding hydrogens is 186 g/mol. The van der Waals surface area contributed by atoms with Crippen LogP contribution in [0.5, 0.6) is 0 Å². The van der Waals surface area contributed by atoms with E-state index in [1.54, 1.807) is 0 Å². The van der Waals surface area contributed by atoms with E-state index in [4.69, 9.17) is 0 Å². The lowest BCUT2D eigenvalue weighted by Gasteiger charge is -2.26. The Morgan fingerprint density at radius 2 is 2.07 bits per heavy atom. The SMILES string of the molecule is CCCn1cnnc1CC(C)C(C)(C)C. The quantitative estimate of drug-likeness (QED) is 0.763. The van der Waals surface area contributed by atoms with E-state index in [0.29, 0.717) is 11.3 Å². The van der Waals surface area contributed by atoms with Crippen LogP contribution in [0.25, 0.3) is 0 Å².